The Morgan fingerprint density at radius 1 is 0.614 bits per heavy atom. The number of hydrogen-bond donors (Lipinski definition) is 0. The van der Waals surface area contributed by atoms with Gasteiger partial charge in [-0.2, -0.15) is 0 Å². The summed E-state index contributed by atoms with van der Waals surface area (Å²) in [5.41, 5.74) is 18.4. The van der Waals surface area contributed by atoms with Crippen LogP contribution in [0, 0.1) is 65.5 Å². The van der Waals surface area contributed by atoms with Crippen LogP contribution in [0.5, 0.6) is 0 Å². The molecule has 8 rings (SSSR count). The summed E-state index contributed by atoms with van der Waals surface area (Å²) in [6.07, 6.45) is 3.98. The predicted molar refractivity (Wildman–Crippen MR) is 234 cm³/mol. The summed E-state index contributed by atoms with van der Waals surface area (Å²) < 4.78 is 6.51. The summed E-state index contributed by atoms with van der Waals surface area (Å²) in [5, 5.41) is 2.03. The fourth-order valence-electron chi connectivity index (χ4n) is 8.10. The molecule has 0 bridgehead atoms. The van der Waals surface area contributed by atoms with E-state index in [9.17, 15) is 0 Å². The zero-order valence-electron chi connectivity index (χ0n) is 34.7. The van der Waals surface area contributed by atoms with E-state index in [0.717, 1.165) is 50.1 Å². The minimum absolute atomic E-state index is 0. The van der Waals surface area contributed by atoms with Crippen LogP contribution in [0.4, 0.5) is 0 Å². The summed E-state index contributed by atoms with van der Waals surface area (Å²) >= 11 is 0. The van der Waals surface area contributed by atoms with E-state index in [4.69, 9.17) is 14.4 Å². The monoisotopic (exact) mass is 926 g/mol. The van der Waals surface area contributed by atoms with Crippen molar-refractivity contribution in [1.82, 2.24) is 15.0 Å². The molecular weight excluding hydrogens is 875 g/mol. The van der Waals surface area contributed by atoms with Crippen molar-refractivity contribution >= 4 is 22.1 Å². The zero-order valence-corrected chi connectivity index (χ0v) is 37.1. The van der Waals surface area contributed by atoms with Crippen LogP contribution >= 0.6 is 0 Å². The SMILES string of the molecule is Cc1c[c-]c(-c2cc(C)c(C)cn2)cc1.Cc1cc(-c2[c-]ccc3c2oc2nc(-c4c(C)ccc(-c5ccccc5)c4C)ccc23)ncc1C(C(C)C)C(C)C.[Ir]. The predicted octanol–water partition coefficient (Wildman–Crippen LogP) is 14.0. The number of aromatic nitrogens is 3. The van der Waals surface area contributed by atoms with E-state index >= 15 is 0 Å². The molecule has 0 aliphatic heterocycles. The first-order valence-electron chi connectivity index (χ1n) is 19.7. The van der Waals surface area contributed by atoms with E-state index in [1.165, 1.54) is 50.1 Å². The second kappa shape index (κ2) is 17.5. The number of benzene rings is 4. The third-order valence-electron chi connectivity index (χ3n) is 11.1. The van der Waals surface area contributed by atoms with Gasteiger partial charge in [0.25, 0.3) is 0 Å². The van der Waals surface area contributed by atoms with Crippen LogP contribution in [0.3, 0.4) is 0 Å². The van der Waals surface area contributed by atoms with Crippen molar-refractivity contribution in [3.63, 3.8) is 0 Å². The van der Waals surface area contributed by atoms with Crippen molar-refractivity contribution in [2.45, 2.75) is 75.2 Å². The second-order valence-corrected chi connectivity index (χ2v) is 15.9. The van der Waals surface area contributed by atoms with E-state index < -0.39 is 0 Å². The molecule has 0 unspecified atom stereocenters. The molecular formula is C52H51IrN3O-2. The fraction of sp³-hybridized carbons (Fsp3) is 0.250. The second-order valence-electron chi connectivity index (χ2n) is 15.9. The van der Waals surface area contributed by atoms with E-state index in [-0.39, 0.29) is 20.1 Å². The molecule has 0 atom stereocenters. The largest absolute Gasteiger partial charge is 0.486 e. The first kappa shape index (κ1) is 41.4. The Morgan fingerprint density at radius 2 is 1.33 bits per heavy atom. The summed E-state index contributed by atoms with van der Waals surface area (Å²) in [4.78, 5) is 14.4. The van der Waals surface area contributed by atoms with Crippen LogP contribution < -0.4 is 0 Å². The fourth-order valence-corrected chi connectivity index (χ4v) is 8.10. The number of pyridine rings is 3. The maximum absolute atomic E-state index is 6.51. The number of fused-ring (bicyclic) bond motifs is 3. The summed E-state index contributed by atoms with van der Waals surface area (Å²) in [6, 6.07) is 40.3. The summed E-state index contributed by atoms with van der Waals surface area (Å²) in [7, 11) is 0. The molecule has 4 aromatic carbocycles. The van der Waals surface area contributed by atoms with Gasteiger partial charge in [-0.05, 0) is 109 Å². The molecule has 0 saturated heterocycles. The third-order valence-corrected chi connectivity index (χ3v) is 11.1. The van der Waals surface area contributed by atoms with Crippen LogP contribution in [0.1, 0.15) is 72.6 Å². The Bertz CT molecular complexity index is 2650. The van der Waals surface area contributed by atoms with Crippen LogP contribution in [0.2, 0.25) is 0 Å². The average molecular weight is 926 g/mol. The van der Waals surface area contributed by atoms with Gasteiger partial charge in [0.05, 0.1) is 11.3 Å². The molecule has 0 saturated carbocycles. The maximum atomic E-state index is 6.51. The van der Waals surface area contributed by atoms with E-state index in [1.54, 1.807) is 0 Å². The van der Waals surface area contributed by atoms with Crippen molar-refractivity contribution in [1.29, 1.82) is 0 Å². The molecule has 0 aliphatic rings. The number of aryl methyl sites for hydroxylation is 5. The smallest absolute Gasteiger partial charge is 0.216 e. The molecule has 5 heteroatoms. The topological polar surface area (TPSA) is 51.8 Å². The Kier molecular flexibility index (Phi) is 12.7. The van der Waals surface area contributed by atoms with Gasteiger partial charge < -0.3 is 14.4 Å². The maximum Gasteiger partial charge on any atom is 0.216 e. The standard InChI is InChI=1S/C38H37N2O.C14H14N.Ir/c1-22(2)35(23(3)4)32-21-39-34(20-25(32)6)31-15-11-14-29-30-18-19-33(40-38(30)41-37(29)31)36-24(5)16-17-28(26(36)7)27-12-9-8-10-13-27;1-10-4-6-13(7-5-10)14-8-11(2)12(3)9-15-14;/h8-14,16-23,35H,1-7H3;4-6,8-9H,1-3H3;/q2*-1;. The Morgan fingerprint density at radius 3 is 2.00 bits per heavy atom. The van der Waals surface area contributed by atoms with E-state index in [1.807, 2.05) is 18.3 Å². The molecule has 4 aromatic heterocycles. The van der Waals surface area contributed by atoms with Crippen LogP contribution in [0.15, 0.2) is 114 Å². The van der Waals surface area contributed by atoms with Gasteiger partial charge in [-0.15, -0.1) is 53.6 Å². The number of nitrogens with zero attached hydrogens (tertiary/aromatic N) is 3. The van der Waals surface area contributed by atoms with Crippen molar-refractivity contribution in [2.75, 3.05) is 0 Å². The van der Waals surface area contributed by atoms with Gasteiger partial charge in [-0.3, -0.25) is 0 Å². The third kappa shape index (κ3) is 8.56. The summed E-state index contributed by atoms with van der Waals surface area (Å²) in [5.74, 6) is 1.57. The minimum Gasteiger partial charge on any atom is -0.486 e. The molecule has 8 aromatic rings. The Hall–Kier alpha value is -5.22. The minimum atomic E-state index is 0. The molecule has 4 heterocycles. The molecule has 291 valence electrons. The van der Waals surface area contributed by atoms with Crippen LogP contribution in [-0.2, 0) is 20.1 Å². The average Bonchev–Trinajstić information content (AvgIpc) is 3.56. The van der Waals surface area contributed by atoms with Gasteiger partial charge in [0.1, 0.15) is 0 Å². The van der Waals surface area contributed by atoms with Crippen LogP contribution in [-0.4, -0.2) is 15.0 Å². The van der Waals surface area contributed by atoms with Crippen molar-refractivity contribution in [2.24, 2.45) is 11.8 Å². The number of hydrogen-bond acceptors (Lipinski definition) is 4. The van der Waals surface area contributed by atoms with Crippen molar-refractivity contribution in [3.8, 4) is 44.9 Å². The van der Waals surface area contributed by atoms with Crippen molar-refractivity contribution < 1.29 is 24.5 Å². The summed E-state index contributed by atoms with van der Waals surface area (Å²) in [6.45, 7) is 21.9. The first-order chi connectivity index (χ1) is 26.9. The number of furan rings is 1. The Balaban J connectivity index is 0.000000288. The van der Waals surface area contributed by atoms with Gasteiger partial charge in [0.2, 0.25) is 5.71 Å². The first-order valence-corrected chi connectivity index (χ1v) is 19.7. The Labute approximate surface area is 352 Å². The van der Waals surface area contributed by atoms with E-state index in [2.05, 4.69) is 177 Å². The molecule has 4 nitrogen and oxygen atoms in total. The molecule has 0 spiro atoms. The quantitative estimate of drug-likeness (QED) is 0.149. The van der Waals surface area contributed by atoms with Gasteiger partial charge in [-0.1, -0.05) is 111 Å². The van der Waals surface area contributed by atoms with Gasteiger partial charge in [0, 0.05) is 43.4 Å². The molecule has 57 heavy (non-hydrogen) atoms. The van der Waals surface area contributed by atoms with Crippen molar-refractivity contribution in [3.05, 3.63) is 161 Å². The van der Waals surface area contributed by atoms with Gasteiger partial charge in [0.15, 0.2) is 0 Å². The van der Waals surface area contributed by atoms with Crippen LogP contribution in [0.25, 0.3) is 67.0 Å². The van der Waals surface area contributed by atoms with Gasteiger partial charge >= 0.3 is 0 Å². The molecule has 1 radical (unpaired) electrons. The molecule has 0 fully saturated rings. The van der Waals surface area contributed by atoms with E-state index in [0.29, 0.717) is 23.5 Å². The molecule has 0 N–H and O–H groups in total. The molecule has 0 amide bonds. The normalized spacial score (nSPS) is 11.3. The number of rotatable bonds is 7. The zero-order chi connectivity index (χ0) is 39.7. The molecule has 0 aliphatic carbocycles. The van der Waals surface area contributed by atoms with Gasteiger partial charge in [-0.25, -0.2) is 4.98 Å².